The first kappa shape index (κ1) is 30.4. The summed E-state index contributed by atoms with van der Waals surface area (Å²) in [6, 6.07) is 13.4. The molecule has 8 aliphatic rings. The number of sulfonamides is 2. The fourth-order valence-electron chi connectivity index (χ4n) is 6.70. The van der Waals surface area contributed by atoms with Crippen molar-refractivity contribution < 1.29 is 16.8 Å². The second-order valence-electron chi connectivity index (χ2n) is 12.7. The molecule has 0 heterocycles. The fraction of sp³-hybridized carbons (Fsp3) is 0.278. The molecule has 2 fully saturated rings. The van der Waals surface area contributed by atoms with Gasteiger partial charge >= 0.3 is 0 Å². The van der Waals surface area contributed by atoms with Crippen molar-refractivity contribution >= 4 is 32.5 Å². The topological polar surface area (TPSA) is 117 Å². The molecule has 0 spiro atoms. The van der Waals surface area contributed by atoms with Crippen LogP contribution >= 0.6 is 0 Å². The van der Waals surface area contributed by atoms with E-state index in [4.69, 9.17) is 0 Å². The summed E-state index contributed by atoms with van der Waals surface area (Å²) in [7, 11) is -7.22. The molecule has 46 heavy (non-hydrogen) atoms. The summed E-state index contributed by atoms with van der Waals surface area (Å²) < 4.78 is 48.9. The summed E-state index contributed by atoms with van der Waals surface area (Å²) in [5.74, 6) is 3.81. The predicted molar refractivity (Wildman–Crippen MR) is 181 cm³/mol. The average Bonchev–Trinajstić information content (AvgIpc) is 3.90. The molecule has 0 aromatic heterocycles. The number of hydrazone groups is 2. The standard InChI is InChI=1S/2C18H18N2O2S/c1-12-2-6-15(7-3-12)23(21,22)20-19-11-14-10-18-16-8-4-13(14)5-9-17(16)18;1-12-2-6-15(7-3-12)23(21,22)20-19-11-14-10-13-4-8-16-17(9-5-13)18(14)16/h2*2-11,13,16-18,20H,1H3/b2*19-11+. The maximum absolute atomic E-state index is 12.2. The first-order chi connectivity index (χ1) is 22.1. The number of nitrogens with one attached hydrogen (secondary N) is 2. The molecule has 0 aliphatic heterocycles. The summed E-state index contributed by atoms with van der Waals surface area (Å²) in [6.45, 7) is 3.84. The van der Waals surface area contributed by atoms with Crippen molar-refractivity contribution in [2.24, 2.45) is 57.5 Å². The van der Waals surface area contributed by atoms with Gasteiger partial charge in [-0.15, -0.1) is 0 Å². The van der Waals surface area contributed by atoms with Crippen LogP contribution in [0.2, 0.25) is 0 Å². The highest BCUT2D eigenvalue weighted by molar-refractivity contribution is 7.89. The molecule has 10 heteroatoms. The van der Waals surface area contributed by atoms with Crippen molar-refractivity contribution in [3.8, 4) is 0 Å². The summed E-state index contributed by atoms with van der Waals surface area (Å²) in [5, 5.41) is 7.97. The zero-order valence-corrected chi connectivity index (χ0v) is 27.1. The largest absolute Gasteiger partial charge is 0.276 e. The SMILES string of the molecule is Cc1ccc(S(=O)(=O)N/N=C/C2=CC3C4C=CC2C=CC43)cc1.Cc1ccc(S(=O)(=O)N/N=C/C2=CC3C=CC4C(C=C3)C24)cc1. The van der Waals surface area contributed by atoms with Crippen LogP contribution in [0.3, 0.4) is 0 Å². The molecule has 2 saturated carbocycles. The molecule has 8 bridgehead atoms. The maximum Gasteiger partial charge on any atom is 0.276 e. The highest BCUT2D eigenvalue weighted by Crippen LogP contribution is 2.56. The van der Waals surface area contributed by atoms with Gasteiger partial charge in [0.15, 0.2) is 0 Å². The van der Waals surface area contributed by atoms with Crippen LogP contribution in [0.5, 0.6) is 0 Å². The van der Waals surface area contributed by atoms with Crippen molar-refractivity contribution in [2.75, 3.05) is 0 Å². The van der Waals surface area contributed by atoms with Gasteiger partial charge in [-0.3, -0.25) is 0 Å². The smallest absolute Gasteiger partial charge is 0.200 e. The van der Waals surface area contributed by atoms with E-state index in [2.05, 4.69) is 80.6 Å². The minimum absolute atomic E-state index is 0.197. The van der Waals surface area contributed by atoms with Crippen molar-refractivity contribution in [1.29, 1.82) is 0 Å². The molecule has 236 valence electrons. The highest BCUT2D eigenvalue weighted by atomic mass is 32.2. The summed E-state index contributed by atoms with van der Waals surface area (Å²) in [4.78, 5) is 5.06. The Balaban J connectivity index is 0.000000147. The van der Waals surface area contributed by atoms with Gasteiger partial charge in [0.05, 0.1) is 22.2 Å². The Bertz CT molecular complexity index is 1950. The Labute approximate surface area is 270 Å². The Morgan fingerprint density at radius 2 is 1.00 bits per heavy atom. The minimum Gasteiger partial charge on any atom is -0.200 e. The molecule has 2 aromatic rings. The quantitative estimate of drug-likeness (QED) is 0.219. The zero-order chi connectivity index (χ0) is 32.1. The average molecular weight is 653 g/mol. The van der Waals surface area contributed by atoms with Gasteiger partial charge in [-0.1, -0.05) is 96.2 Å². The molecular weight excluding hydrogens is 617 g/mol. The van der Waals surface area contributed by atoms with Gasteiger partial charge in [0.25, 0.3) is 20.0 Å². The first-order valence-corrected chi connectivity index (χ1v) is 18.5. The summed E-state index contributed by atoms with van der Waals surface area (Å²) in [5.41, 5.74) is 4.21. The lowest BCUT2D eigenvalue weighted by atomic mass is 10.0. The van der Waals surface area contributed by atoms with Gasteiger partial charge in [-0.05, 0) is 84.8 Å². The molecule has 0 saturated heterocycles. The van der Waals surface area contributed by atoms with E-state index in [9.17, 15) is 16.8 Å². The first-order valence-electron chi connectivity index (χ1n) is 15.5. The zero-order valence-electron chi connectivity index (χ0n) is 25.5. The second kappa shape index (κ2) is 11.8. The van der Waals surface area contributed by atoms with Gasteiger partial charge < -0.3 is 0 Å². The predicted octanol–water partition coefficient (Wildman–Crippen LogP) is 5.61. The molecule has 4 atom stereocenters. The van der Waals surface area contributed by atoms with E-state index in [1.54, 1.807) is 61.0 Å². The maximum atomic E-state index is 12.2. The number of allylic oxidation sites excluding steroid dienone is 12. The van der Waals surface area contributed by atoms with Crippen LogP contribution in [0, 0.1) is 61.2 Å². The lowest BCUT2D eigenvalue weighted by Crippen LogP contribution is -2.18. The van der Waals surface area contributed by atoms with E-state index in [0.717, 1.165) is 22.3 Å². The van der Waals surface area contributed by atoms with Gasteiger partial charge in [0.1, 0.15) is 0 Å². The number of hydrogen-bond donors (Lipinski definition) is 2. The summed E-state index contributed by atoms with van der Waals surface area (Å²) in [6.07, 6.45) is 25.5. The third-order valence-electron chi connectivity index (χ3n) is 9.49. The molecule has 4 unspecified atom stereocenters. The molecule has 0 radical (unpaired) electrons. The second-order valence-corrected chi connectivity index (χ2v) is 16.0. The van der Waals surface area contributed by atoms with E-state index in [1.807, 2.05) is 13.8 Å². The van der Waals surface area contributed by atoms with Crippen LogP contribution in [-0.2, 0) is 20.0 Å². The van der Waals surface area contributed by atoms with Crippen LogP contribution < -0.4 is 9.66 Å². The van der Waals surface area contributed by atoms with E-state index in [1.165, 1.54) is 0 Å². The molecule has 8 aliphatic carbocycles. The number of nitrogens with zero attached hydrogens (tertiary/aromatic N) is 2. The normalized spacial score (nSPS) is 30.9. The number of hydrogen-bond acceptors (Lipinski definition) is 6. The van der Waals surface area contributed by atoms with Crippen molar-refractivity contribution in [1.82, 2.24) is 9.66 Å². The number of benzene rings is 2. The highest BCUT2D eigenvalue weighted by Gasteiger charge is 2.50. The van der Waals surface area contributed by atoms with Gasteiger partial charge in [-0.2, -0.15) is 27.0 Å². The minimum atomic E-state index is -3.62. The number of aryl methyl sites for hydroxylation is 2. The van der Waals surface area contributed by atoms with E-state index in [0.29, 0.717) is 41.4 Å². The molecular formula is C36H36N4O4S2. The van der Waals surface area contributed by atoms with Crippen LogP contribution in [0.1, 0.15) is 11.1 Å². The van der Waals surface area contributed by atoms with Crippen LogP contribution in [0.15, 0.2) is 140 Å². The van der Waals surface area contributed by atoms with Gasteiger partial charge in [-0.25, -0.2) is 9.66 Å². The monoisotopic (exact) mass is 652 g/mol. The Hall–Kier alpha value is -4.28. The van der Waals surface area contributed by atoms with E-state index >= 15 is 0 Å². The Morgan fingerprint density at radius 3 is 1.50 bits per heavy atom. The van der Waals surface area contributed by atoms with Crippen LogP contribution in [-0.4, -0.2) is 29.3 Å². The third-order valence-corrected chi connectivity index (χ3v) is 12.0. The Morgan fingerprint density at radius 1 is 0.543 bits per heavy atom. The fourth-order valence-corrected chi connectivity index (χ4v) is 8.28. The van der Waals surface area contributed by atoms with Crippen LogP contribution in [0.25, 0.3) is 0 Å². The number of rotatable bonds is 8. The molecule has 2 N–H and O–H groups in total. The Kier molecular flexibility index (Phi) is 7.81. The molecule has 2 aromatic carbocycles. The molecule has 8 nitrogen and oxygen atoms in total. The van der Waals surface area contributed by atoms with Gasteiger partial charge in [0, 0.05) is 11.8 Å². The lowest BCUT2D eigenvalue weighted by molar-refractivity contribution is 0.583. The molecule has 10 rings (SSSR count). The van der Waals surface area contributed by atoms with Crippen molar-refractivity contribution in [3.05, 3.63) is 132 Å². The summed E-state index contributed by atoms with van der Waals surface area (Å²) >= 11 is 0. The third kappa shape index (κ3) is 6.24. The molecule has 0 amide bonds. The van der Waals surface area contributed by atoms with Gasteiger partial charge in [0.2, 0.25) is 0 Å². The van der Waals surface area contributed by atoms with E-state index < -0.39 is 20.0 Å². The van der Waals surface area contributed by atoms with Crippen molar-refractivity contribution in [3.63, 3.8) is 0 Å². The van der Waals surface area contributed by atoms with Crippen molar-refractivity contribution in [2.45, 2.75) is 23.6 Å². The van der Waals surface area contributed by atoms with E-state index in [-0.39, 0.29) is 15.7 Å². The van der Waals surface area contributed by atoms with Crippen LogP contribution in [0.4, 0.5) is 0 Å². The lowest BCUT2D eigenvalue weighted by Gasteiger charge is -2.07.